The highest BCUT2D eigenvalue weighted by molar-refractivity contribution is 5.78. The van der Waals surface area contributed by atoms with Crippen molar-refractivity contribution in [2.75, 3.05) is 59.5 Å². The molecular formula is C94H150O51. The summed E-state index contributed by atoms with van der Waals surface area (Å²) in [6.45, 7) is 9.73. The molecule has 9 saturated heterocycles. The Morgan fingerprint density at radius 1 is 0.262 bits per heavy atom. The Kier molecular flexibility index (Phi) is 34.9. The van der Waals surface area contributed by atoms with Crippen LogP contribution in [-0.2, 0) is 94.9 Å². The summed E-state index contributed by atoms with van der Waals surface area (Å²) in [5, 5.41) is 328. The SMILES string of the molecule is C=C1C[C@@]23CC[C@H]4[C@@](C)(CCC[C@@]4(C)C(=O)OC4O[C@H](CO)[C@@H](O)[C@H](O)[C@H]4O)[C@@H]2CC[C@]1(O[C@@H]1O[C@H](CO)[C@@H](O)[C@H](O[C@@H]2O[C@H](CO)[C@@H](O)[C@H](O)[C@H]2O)[C@H]1O[C@@H]1O[C@H](CO)[C@@H](O)[C@H](O)[C@H]1O)C3.C=C1C[C@@]23CC[C@H]4[C@@](C)(CCC[C@@]4(C)C(=O)OC4O[C@H](CO)[C@@H](O)[C@H](O)[C@H]4O[C@@H]4O[C@H](CO)[C@@H](O)[C@H](O)[C@H]4O)[C@@H]2CC[C@]1(O[C@@H]1O[C@H](CO)[C@@H](O)[C@H](O[C@@H]2O[C@H](CO)[C@@H](O)[C@H](O)[C@H]2O)[C@H]1O[C@@H]1O[C@H](CO)[C@@H](O)[C@H](O)[C@H]1O)C3. The fourth-order valence-electron chi connectivity index (χ4n) is 28.4. The topological polar surface area (TPSA) is 827 Å². The van der Waals surface area contributed by atoms with E-state index in [1.165, 1.54) is 0 Å². The highest BCUT2D eigenvalue weighted by atomic mass is 16.8. The predicted molar refractivity (Wildman–Crippen MR) is 471 cm³/mol. The van der Waals surface area contributed by atoms with E-state index in [9.17, 15) is 168 Å². The number of esters is 2. The van der Waals surface area contributed by atoms with Gasteiger partial charge in [0.1, 0.15) is 214 Å². The zero-order valence-electron chi connectivity index (χ0n) is 80.8. The van der Waals surface area contributed by atoms with Crippen molar-refractivity contribution in [1.29, 1.82) is 0 Å². The summed E-state index contributed by atoms with van der Waals surface area (Å²) in [5.41, 5.74) is -5.14. The van der Waals surface area contributed by atoms with Gasteiger partial charge in [0.25, 0.3) is 0 Å². The van der Waals surface area contributed by atoms with Gasteiger partial charge in [0.15, 0.2) is 50.1 Å². The minimum Gasteiger partial charge on any atom is -0.432 e. The van der Waals surface area contributed by atoms with Crippen molar-refractivity contribution in [3.63, 3.8) is 0 Å². The summed E-state index contributed by atoms with van der Waals surface area (Å²) >= 11 is 0. The van der Waals surface area contributed by atoms with Crippen LogP contribution in [0.4, 0.5) is 0 Å². The van der Waals surface area contributed by atoms with Crippen LogP contribution < -0.4 is 0 Å². The van der Waals surface area contributed by atoms with Crippen molar-refractivity contribution >= 4 is 11.9 Å². The van der Waals surface area contributed by atoms with Gasteiger partial charge in [0.2, 0.25) is 12.6 Å². The lowest BCUT2D eigenvalue weighted by Gasteiger charge is -2.64. The number of ether oxygens (including phenoxy) is 18. The van der Waals surface area contributed by atoms with Crippen LogP contribution in [0.15, 0.2) is 24.3 Å². The molecule has 8 aliphatic carbocycles. The zero-order valence-corrected chi connectivity index (χ0v) is 80.8. The molecule has 51 nitrogen and oxygen atoms in total. The van der Waals surface area contributed by atoms with Gasteiger partial charge in [-0.15, -0.1) is 0 Å². The maximum atomic E-state index is 14.9. The standard InChI is InChI=1S/C50H80O28.C44H70O23/c1-18-11-49-9-5-24-47(2,7-4-8-48(24,3)46(68)77-44-39(34(64)29(59)22(15-54)72-44)75-42-36(66)32(62)27(57)20(13-52)70-42)25(49)6-10-50(18,17-49)78-45-40(76-43-37(67)33(63)28(58)21(14-53)71-43)38(30(60)23(16-55)73-45)74-41-35(65)31(61)26(56)19(12-51)69-41;1-17-11-43-9-5-22-41(2,7-4-8-42(22,3)40(59)66-38-33(58)30(55)26(51)20(14-47)62-38)23(43)6-10-44(17,16-43)67-39-35(65-37-32(57)29(54)25(50)19(13-46)61-37)34(27(52)21(15-48)63-39)64-36-31(56)28(53)24(49)18(12-45)60-36/h19-45,51-67H,1,4-17H2,2-3H3;18-39,45-58H,1,4-16H2,2-3H3/t19-,20-,21-,22-,23-,24+,25+,26-,27-,28-,29-,30-,31+,32+,33+,34+,35-,36-,37-,38+,39-,40-,41+,42+,43+,44?,45+,47-,48-,49-,50+;18-,19-,20-,21-,22+,23+,24-,25-,26-,27-,28+,29+,30+,31-,32-,33-,34+,35-,36+,37+,38?,39+,41-,42-,43-,44+/m11/s1. The van der Waals surface area contributed by atoms with E-state index in [2.05, 4.69) is 27.0 Å². The maximum absolute atomic E-state index is 14.9. The molecule has 9 heterocycles. The molecule has 17 aliphatic rings. The Bertz CT molecular complexity index is 4360. The van der Waals surface area contributed by atoms with Crippen molar-refractivity contribution < 1.29 is 253 Å². The molecule has 0 radical (unpaired) electrons. The summed E-state index contributed by atoms with van der Waals surface area (Å²) < 4.78 is 108. The third-order valence-electron chi connectivity index (χ3n) is 36.3. The van der Waals surface area contributed by atoms with E-state index in [0.717, 1.165) is 6.42 Å². The molecule has 57 atom stereocenters. The average Bonchev–Trinajstić information content (AvgIpc) is 1.53. The van der Waals surface area contributed by atoms with Crippen LogP contribution in [-0.4, -0.2) is 517 Å². The molecule has 0 aromatic heterocycles. The molecule has 0 amide bonds. The molecule has 17 rings (SSSR count). The van der Waals surface area contributed by atoms with Crippen LogP contribution in [0.1, 0.15) is 143 Å². The van der Waals surface area contributed by atoms with Gasteiger partial charge in [0, 0.05) is 0 Å². The van der Waals surface area contributed by atoms with Crippen molar-refractivity contribution in [3.8, 4) is 0 Å². The lowest BCUT2D eigenvalue weighted by molar-refractivity contribution is -0.400. The second-order valence-electron chi connectivity index (χ2n) is 44.4. The molecule has 2 spiro atoms. The average molecular weight is 2100 g/mol. The summed E-state index contributed by atoms with van der Waals surface area (Å²) in [6.07, 6.45) is -69.0. The number of aliphatic hydroxyl groups is 31. The summed E-state index contributed by atoms with van der Waals surface area (Å²) in [5.74, 6) is -1.95. The van der Waals surface area contributed by atoms with E-state index >= 15 is 0 Å². The molecular weight excluding hydrogens is 1940 g/mol. The molecule has 0 aromatic carbocycles. The Morgan fingerprint density at radius 2 is 0.497 bits per heavy atom. The third kappa shape index (κ3) is 20.1. The van der Waals surface area contributed by atoms with E-state index in [0.29, 0.717) is 120 Å². The largest absolute Gasteiger partial charge is 0.432 e. The predicted octanol–water partition coefficient (Wildman–Crippen LogP) is -12.4. The first kappa shape index (κ1) is 114. The quantitative estimate of drug-likeness (QED) is 0.0206. The van der Waals surface area contributed by atoms with Gasteiger partial charge in [-0.3, -0.25) is 9.59 Å². The van der Waals surface area contributed by atoms with Gasteiger partial charge in [0.05, 0.1) is 81.5 Å². The second kappa shape index (κ2) is 44.3. The fraction of sp³-hybridized carbons (Fsp3) is 0.936. The van der Waals surface area contributed by atoms with Crippen LogP contribution in [0.3, 0.4) is 0 Å². The number of aliphatic hydroxyl groups excluding tert-OH is 31. The molecule has 2 unspecified atom stereocenters. The Labute approximate surface area is 832 Å². The van der Waals surface area contributed by atoms with E-state index in [1.54, 1.807) is 6.92 Å². The summed E-state index contributed by atoms with van der Waals surface area (Å²) in [7, 11) is 0. The molecule has 0 aromatic rings. The number of rotatable bonds is 27. The van der Waals surface area contributed by atoms with Crippen molar-refractivity contribution in [2.24, 2.45) is 56.2 Å². The van der Waals surface area contributed by atoms with Crippen molar-refractivity contribution in [2.45, 2.75) is 431 Å². The normalized spacial score (nSPS) is 54.5. The number of fused-ring (bicyclic) bond motifs is 6. The fourth-order valence-corrected chi connectivity index (χ4v) is 28.4. The van der Waals surface area contributed by atoms with Gasteiger partial charge < -0.3 is 244 Å². The van der Waals surface area contributed by atoms with Crippen molar-refractivity contribution in [3.05, 3.63) is 24.3 Å². The number of carbonyl (C=O) groups excluding carboxylic acids is 2. The van der Waals surface area contributed by atoms with Gasteiger partial charge >= 0.3 is 11.9 Å². The Morgan fingerprint density at radius 3 is 0.793 bits per heavy atom. The zero-order chi connectivity index (χ0) is 105. The van der Waals surface area contributed by atoms with E-state index in [-0.39, 0.29) is 23.7 Å². The first-order valence-electron chi connectivity index (χ1n) is 50.3. The molecule has 4 bridgehead atoms. The maximum Gasteiger partial charge on any atom is 0.314 e. The van der Waals surface area contributed by atoms with Gasteiger partial charge in [-0.2, -0.15) is 0 Å². The molecule has 51 heteroatoms. The molecule has 145 heavy (non-hydrogen) atoms. The highest BCUT2D eigenvalue weighted by Gasteiger charge is 2.74. The number of hydrogen-bond acceptors (Lipinski definition) is 51. The van der Waals surface area contributed by atoms with E-state index in [4.69, 9.17) is 85.3 Å². The van der Waals surface area contributed by atoms with E-state index in [1.807, 2.05) is 6.92 Å². The molecule has 8 saturated carbocycles. The van der Waals surface area contributed by atoms with Crippen LogP contribution in [0.2, 0.25) is 0 Å². The van der Waals surface area contributed by atoms with Crippen LogP contribution in [0, 0.1) is 56.2 Å². The monoisotopic (exact) mass is 2090 g/mol. The molecule has 832 valence electrons. The lowest BCUT2D eigenvalue weighted by atomic mass is 9.41. The minimum atomic E-state index is -1.99. The smallest absolute Gasteiger partial charge is 0.314 e. The van der Waals surface area contributed by atoms with Gasteiger partial charge in [-0.1, -0.05) is 39.8 Å². The molecule has 17 fully saturated rings. The highest BCUT2D eigenvalue weighted by Crippen LogP contribution is 2.76. The van der Waals surface area contributed by atoms with E-state index < -0.39 is 391 Å². The Balaban J connectivity index is 0.000000210. The number of carbonyl (C=O) groups is 2. The van der Waals surface area contributed by atoms with Gasteiger partial charge in [-0.25, -0.2) is 0 Å². The molecule has 31 N–H and O–H groups in total. The number of hydrogen-bond donors (Lipinski definition) is 31. The second-order valence-corrected chi connectivity index (χ2v) is 44.4. The van der Waals surface area contributed by atoms with Crippen LogP contribution in [0.25, 0.3) is 0 Å². The van der Waals surface area contributed by atoms with Gasteiger partial charge in [-0.05, 0) is 173 Å². The van der Waals surface area contributed by atoms with Crippen LogP contribution in [0.5, 0.6) is 0 Å². The summed E-state index contributed by atoms with van der Waals surface area (Å²) in [6, 6.07) is 0. The van der Waals surface area contributed by atoms with Crippen LogP contribution >= 0.6 is 0 Å². The first-order valence-corrected chi connectivity index (χ1v) is 50.3. The minimum absolute atomic E-state index is 0.0251. The summed E-state index contributed by atoms with van der Waals surface area (Å²) in [4.78, 5) is 29.2. The Hall–Kier alpha value is -3.46. The van der Waals surface area contributed by atoms with Crippen molar-refractivity contribution in [1.82, 2.24) is 0 Å². The molecule has 9 aliphatic heterocycles. The lowest BCUT2D eigenvalue weighted by Crippen LogP contribution is -2.68. The first-order chi connectivity index (χ1) is 68.5. The third-order valence-corrected chi connectivity index (χ3v) is 36.3.